The van der Waals surface area contributed by atoms with Crippen molar-refractivity contribution in [2.75, 3.05) is 20.3 Å². The number of ether oxygens (including phenoxy) is 2. The second-order valence-corrected chi connectivity index (χ2v) is 17.1. The molecule has 0 bridgehead atoms. The summed E-state index contributed by atoms with van der Waals surface area (Å²) < 4.78 is 13.0. The SMILES string of the molecule is CCC(N)(CC)CO[C@H]1[C@H](OC)C[C@]2(CO)C3=CC[C@@]4(C)[C@H](C(=O)O)[C@@](C)([C@H](C)C(C)C)CC[C@]4(C)[C@H]3CC[C@H]2C1(C)C. The van der Waals surface area contributed by atoms with Crippen molar-refractivity contribution in [1.29, 1.82) is 0 Å². The molecule has 6 heteroatoms. The van der Waals surface area contributed by atoms with Crippen LogP contribution >= 0.6 is 0 Å². The number of aliphatic hydroxyl groups excluding tert-OH is 1. The summed E-state index contributed by atoms with van der Waals surface area (Å²) in [6.07, 6.45) is 9.25. The van der Waals surface area contributed by atoms with Crippen LogP contribution in [-0.4, -0.2) is 54.3 Å². The summed E-state index contributed by atoms with van der Waals surface area (Å²) in [5.41, 5.74) is 6.26. The van der Waals surface area contributed by atoms with Crippen molar-refractivity contribution in [3.8, 4) is 0 Å². The number of hydrogen-bond acceptors (Lipinski definition) is 5. The van der Waals surface area contributed by atoms with E-state index >= 15 is 0 Å². The first-order chi connectivity index (χ1) is 19.9. The Morgan fingerprint density at radius 3 is 2.21 bits per heavy atom. The largest absolute Gasteiger partial charge is 0.481 e. The summed E-state index contributed by atoms with van der Waals surface area (Å²) >= 11 is 0. The number of carboxylic acid groups (broad SMARTS) is 1. The lowest BCUT2D eigenvalue weighted by Gasteiger charge is -2.70. The highest BCUT2D eigenvalue weighted by Crippen LogP contribution is 2.74. The third-order valence-electron chi connectivity index (χ3n) is 15.0. The Morgan fingerprint density at radius 2 is 1.70 bits per heavy atom. The molecule has 6 nitrogen and oxygen atoms in total. The Morgan fingerprint density at radius 1 is 1.07 bits per heavy atom. The summed E-state index contributed by atoms with van der Waals surface area (Å²) in [5, 5.41) is 22.3. The van der Waals surface area contributed by atoms with Crippen LogP contribution in [0.5, 0.6) is 0 Å². The lowest BCUT2D eigenvalue weighted by molar-refractivity contribution is -0.223. The minimum atomic E-state index is -0.640. The monoisotopic (exact) mass is 603 g/mol. The van der Waals surface area contributed by atoms with E-state index in [1.54, 1.807) is 7.11 Å². The molecule has 0 aromatic rings. The maximum atomic E-state index is 13.3. The van der Waals surface area contributed by atoms with Crippen molar-refractivity contribution in [3.63, 3.8) is 0 Å². The number of methoxy groups -OCH3 is 1. The Kier molecular flexibility index (Phi) is 9.49. The van der Waals surface area contributed by atoms with Gasteiger partial charge in [-0.25, -0.2) is 0 Å². The van der Waals surface area contributed by atoms with Crippen LogP contribution in [0, 0.1) is 56.7 Å². The number of aliphatic carboxylic acids is 1. The maximum Gasteiger partial charge on any atom is 0.307 e. The van der Waals surface area contributed by atoms with Crippen LogP contribution in [0.1, 0.15) is 121 Å². The zero-order chi connectivity index (χ0) is 32.4. The molecule has 248 valence electrons. The summed E-state index contributed by atoms with van der Waals surface area (Å²) in [7, 11) is 1.78. The molecule has 4 rings (SSSR count). The van der Waals surface area contributed by atoms with Gasteiger partial charge in [0.25, 0.3) is 0 Å². The average Bonchev–Trinajstić information content (AvgIpc) is 2.95. The fraction of sp³-hybridized carbons (Fsp3) is 0.919. The number of carboxylic acids is 1. The second-order valence-electron chi connectivity index (χ2n) is 17.1. The van der Waals surface area contributed by atoms with Crippen molar-refractivity contribution in [2.24, 2.45) is 62.4 Å². The van der Waals surface area contributed by atoms with Gasteiger partial charge < -0.3 is 25.4 Å². The smallest absolute Gasteiger partial charge is 0.307 e. The van der Waals surface area contributed by atoms with Crippen LogP contribution in [0.2, 0.25) is 0 Å². The van der Waals surface area contributed by atoms with E-state index in [4.69, 9.17) is 15.2 Å². The molecule has 0 spiro atoms. The van der Waals surface area contributed by atoms with E-state index in [9.17, 15) is 15.0 Å². The van der Waals surface area contributed by atoms with Crippen molar-refractivity contribution < 1.29 is 24.5 Å². The molecule has 10 atom stereocenters. The van der Waals surface area contributed by atoms with E-state index in [0.29, 0.717) is 24.9 Å². The summed E-state index contributed by atoms with van der Waals surface area (Å²) in [6, 6.07) is 0. The predicted octanol–water partition coefficient (Wildman–Crippen LogP) is 7.47. The number of fused-ring (bicyclic) bond motifs is 5. The Bertz CT molecular complexity index is 1070. The average molecular weight is 604 g/mol. The molecule has 4 aliphatic carbocycles. The van der Waals surface area contributed by atoms with Crippen LogP contribution in [0.15, 0.2) is 11.6 Å². The number of carbonyl (C=O) groups is 1. The lowest BCUT2D eigenvalue weighted by Crippen LogP contribution is -2.67. The van der Waals surface area contributed by atoms with Gasteiger partial charge in [-0.1, -0.05) is 80.9 Å². The number of allylic oxidation sites excluding steroid dienone is 1. The summed E-state index contributed by atoms with van der Waals surface area (Å²) in [4.78, 5) is 13.3. The molecule has 0 aromatic carbocycles. The first kappa shape index (κ1) is 34.9. The Labute approximate surface area is 262 Å². The zero-order valence-electron chi connectivity index (χ0n) is 29.4. The zero-order valence-corrected chi connectivity index (χ0v) is 29.4. The molecule has 43 heavy (non-hydrogen) atoms. The van der Waals surface area contributed by atoms with E-state index in [-0.39, 0.29) is 57.8 Å². The van der Waals surface area contributed by atoms with E-state index in [1.165, 1.54) is 5.57 Å². The van der Waals surface area contributed by atoms with Crippen LogP contribution < -0.4 is 5.73 Å². The molecule has 0 amide bonds. The molecule has 4 aliphatic rings. The van der Waals surface area contributed by atoms with Crippen LogP contribution in [0.25, 0.3) is 0 Å². The highest BCUT2D eigenvalue weighted by molar-refractivity contribution is 5.73. The Hall–Kier alpha value is -0.950. The normalized spacial score (nSPS) is 43.3. The first-order valence-electron chi connectivity index (χ1n) is 17.4. The van der Waals surface area contributed by atoms with E-state index in [2.05, 4.69) is 75.3 Å². The molecule has 0 saturated heterocycles. The second kappa shape index (κ2) is 11.7. The van der Waals surface area contributed by atoms with Crippen LogP contribution in [-0.2, 0) is 14.3 Å². The van der Waals surface area contributed by atoms with Crippen molar-refractivity contribution in [1.82, 2.24) is 0 Å². The molecule has 0 aliphatic heterocycles. The lowest BCUT2D eigenvalue weighted by atomic mass is 9.34. The topological polar surface area (TPSA) is 102 Å². The predicted molar refractivity (Wildman–Crippen MR) is 174 cm³/mol. The van der Waals surface area contributed by atoms with Crippen LogP contribution in [0.4, 0.5) is 0 Å². The van der Waals surface area contributed by atoms with Gasteiger partial charge in [0.2, 0.25) is 0 Å². The molecule has 4 N–H and O–H groups in total. The molecular weight excluding hydrogens is 538 g/mol. The minimum Gasteiger partial charge on any atom is -0.481 e. The Balaban J connectivity index is 1.77. The fourth-order valence-corrected chi connectivity index (χ4v) is 11.4. The molecule has 3 fully saturated rings. The van der Waals surface area contributed by atoms with E-state index < -0.39 is 17.3 Å². The number of nitrogens with two attached hydrogens (primary N) is 1. The van der Waals surface area contributed by atoms with Gasteiger partial charge >= 0.3 is 5.97 Å². The van der Waals surface area contributed by atoms with Gasteiger partial charge in [-0.3, -0.25) is 4.79 Å². The molecular formula is C37H65NO5. The molecule has 0 radical (unpaired) electrons. The van der Waals surface area contributed by atoms with Gasteiger partial charge in [-0.15, -0.1) is 0 Å². The third-order valence-corrected chi connectivity index (χ3v) is 15.0. The molecule has 0 heterocycles. The highest BCUT2D eigenvalue weighted by Gasteiger charge is 2.70. The number of rotatable bonds is 10. The number of hydrogen-bond donors (Lipinski definition) is 3. The van der Waals surface area contributed by atoms with E-state index in [0.717, 1.165) is 44.9 Å². The van der Waals surface area contributed by atoms with Gasteiger partial charge in [-0.05, 0) is 96.7 Å². The van der Waals surface area contributed by atoms with Crippen molar-refractivity contribution in [3.05, 3.63) is 11.6 Å². The maximum absolute atomic E-state index is 13.3. The third kappa shape index (κ3) is 4.99. The van der Waals surface area contributed by atoms with Crippen molar-refractivity contribution in [2.45, 2.75) is 138 Å². The molecule has 3 saturated carbocycles. The standard InChI is InChI=1S/C37H65NO5/c1-12-36(38,13-2)22-43-30-27(42-11)20-37(21-39)26-16-17-35(10)29(31(40)41)33(8,24(5)23(3)4)18-19-34(35,9)25(26)14-15-28(37)32(30,6)7/h16,23-25,27-30,39H,12-15,17-22,38H2,1-11H3,(H,40,41)/t24-,25+,27-,28+,29-,30+,33-,34-,35+,37+/m1/s1. The van der Waals surface area contributed by atoms with Gasteiger partial charge in [0.05, 0.1) is 31.3 Å². The number of aliphatic hydroxyl groups is 1. The highest BCUT2D eigenvalue weighted by atomic mass is 16.5. The molecule has 0 unspecified atom stereocenters. The summed E-state index contributed by atoms with van der Waals surface area (Å²) in [5.74, 6) is 0.158. The summed E-state index contributed by atoms with van der Waals surface area (Å²) in [6.45, 7) is 23.1. The molecule has 0 aromatic heterocycles. The van der Waals surface area contributed by atoms with Crippen LogP contribution in [0.3, 0.4) is 0 Å². The first-order valence-corrected chi connectivity index (χ1v) is 17.4. The van der Waals surface area contributed by atoms with Gasteiger partial charge in [-0.2, -0.15) is 0 Å². The van der Waals surface area contributed by atoms with Gasteiger partial charge in [0.15, 0.2) is 0 Å². The minimum absolute atomic E-state index is 0.0814. The van der Waals surface area contributed by atoms with Gasteiger partial charge in [0, 0.05) is 18.1 Å². The quantitative estimate of drug-likeness (QED) is 0.224. The van der Waals surface area contributed by atoms with E-state index in [1.807, 2.05) is 0 Å². The fourth-order valence-electron chi connectivity index (χ4n) is 11.4. The van der Waals surface area contributed by atoms with Gasteiger partial charge in [0.1, 0.15) is 0 Å². The van der Waals surface area contributed by atoms with Crippen molar-refractivity contribution >= 4 is 5.97 Å².